The first-order chi connectivity index (χ1) is 13.5. The van der Waals surface area contributed by atoms with Crippen LogP contribution in [0.15, 0.2) is 42.6 Å². The number of rotatable bonds is 4. The fourth-order valence-corrected chi connectivity index (χ4v) is 4.63. The van der Waals surface area contributed by atoms with Gasteiger partial charge in [0.05, 0.1) is 28.4 Å². The molecule has 2 bridgehead atoms. The summed E-state index contributed by atoms with van der Waals surface area (Å²) in [5.41, 5.74) is 7.59. The van der Waals surface area contributed by atoms with Crippen molar-refractivity contribution in [2.24, 2.45) is 23.5 Å². The Kier molecular flexibility index (Phi) is 3.87. The van der Waals surface area contributed by atoms with Gasteiger partial charge in [-0.3, -0.25) is 4.79 Å². The summed E-state index contributed by atoms with van der Waals surface area (Å²) in [6.45, 7) is 0. The van der Waals surface area contributed by atoms with Gasteiger partial charge in [0.2, 0.25) is 5.91 Å². The number of primary amides is 1. The number of nitrogens with zero attached hydrogens (tertiary/aromatic N) is 2. The Morgan fingerprint density at radius 2 is 2.07 bits per heavy atom. The number of carbonyl (C=O) groups excluding carboxylic acids is 1. The van der Waals surface area contributed by atoms with E-state index in [0.717, 1.165) is 6.42 Å². The average molecular weight is 398 g/mol. The van der Waals surface area contributed by atoms with Crippen LogP contribution in [0.1, 0.15) is 6.42 Å². The lowest BCUT2D eigenvalue weighted by Crippen LogP contribution is -2.41. The van der Waals surface area contributed by atoms with E-state index in [-0.39, 0.29) is 35.5 Å². The van der Waals surface area contributed by atoms with Crippen LogP contribution in [0.4, 0.5) is 10.1 Å². The number of nitrogens with one attached hydrogen (secondary N) is 2. The van der Waals surface area contributed by atoms with Gasteiger partial charge in [0.1, 0.15) is 17.2 Å². The van der Waals surface area contributed by atoms with Gasteiger partial charge in [-0.1, -0.05) is 35.9 Å². The second-order valence-electron chi connectivity index (χ2n) is 7.29. The summed E-state index contributed by atoms with van der Waals surface area (Å²) in [5, 5.41) is 3.80. The van der Waals surface area contributed by atoms with Gasteiger partial charge in [-0.2, -0.15) is 0 Å². The summed E-state index contributed by atoms with van der Waals surface area (Å²) in [6.07, 6.45) is 6.57. The third-order valence-corrected chi connectivity index (χ3v) is 5.99. The summed E-state index contributed by atoms with van der Waals surface area (Å²) in [7, 11) is 0. The number of carbonyl (C=O) groups is 1. The largest absolute Gasteiger partial charge is 0.378 e. The molecule has 1 saturated carbocycles. The molecule has 1 aromatic carbocycles. The number of amides is 1. The average Bonchev–Trinajstić information content (AvgIpc) is 3.38. The predicted molar refractivity (Wildman–Crippen MR) is 105 cm³/mol. The molecule has 0 radical (unpaired) electrons. The molecule has 0 unspecified atom stereocenters. The van der Waals surface area contributed by atoms with Crippen LogP contribution >= 0.6 is 11.6 Å². The van der Waals surface area contributed by atoms with Crippen molar-refractivity contribution < 1.29 is 9.18 Å². The second kappa shape index (κ2) is 6.31. The first kappa shape index (κ1) is 17.2. The van der Waals surface area contributed by atoms with Gasteiger partial charge >= 0.3 is 0 Å². The number of benzene rings is 1. The molecule has 1 fully saturated rings. The monoisotopic (exact) mass is 397 g/mol. The van der Waals surface area contributed by atoms with Crippen LogP contribution in [-0.2, 0) is 4.79 Å². The summed E-state index contributed by atoms with van der Waals surface area (Å²) in [4.78, 5) is 23.8. The Bertz CT molecular complexity index is 1130. The lowest BCUT2D eigenvalue weighted by molar-refractivity contribution is -0.122. The number of nitrogens with two attached hydrogens (primary N) is 1. The first-order valence-corrected chi connectivity index (χ1v) is 9.44. The van der Waals surface area contributed by atoms with Crippen molar-refractivity contribution in [2.75, 3.05) is 5.32 Å². The Hall–Kier alpha value is -2.93. The maximum absolute atomic E-state index is 14.2. The molecule has 3 aromatic rings. The Balaban J connectivity index is 1.58. The summed E-state index contributed by atoms with van der Waals surface area (Å²) in [6, 6.07) is 6.23. The Labute approximate surface area is 165 Å². The minimum absolute atomic E-state index is 0.145. The number of hydrogen-bond donors (Lipinski definition) is 3. The Morgan fingerprint density at radius 1 is 1.29 bits per heavy atom. The van der Waals surface area contributed by atoms with E-state index in [0.29, 0.717) is 33.3 Å². The highest BCUT2D eigenvalue weighted by atomic mass is 35.5. The van der Waals surface area contributed by atoms with E-state index in [2.05, 4.69) is 32.4 Å². The lowest BCUT2D eigenvalue weighted by Gasteiger charge is -2.28. The highest BCUT2D eigenvalue weighted by Gasteiger charge is 2.47. The van der Waals surface area contributed by atoms with E-state index in [1.807, 2.05) is 0 Å². The molecule has 28 heavy (non-hydrogen) atoms. The fourth-order valence-electron chi connectivity index (χ4n) is 4.43. The van der Waals surface area contributed by atoms with Crippen LogP contribution in [-0.4, -0.2) is 26.9 Å². The predicted octanol–water partition coefficient (Wildman–Crippen LogP) is 3.51. The van der Waals surface area contributed by atoms with Crippen LogP contribution in [0.25, 0.3) is 22.6 Å². The van der Waals surface area contributed by atoms with Crippen LogP contribution in [0.2, 0.25) is 5.02 Å². The summed E-state index contributed by atoms with van der Waals surface area (Å²) >= 11 is 6.42. The molecule has 0 aliphatic heterocycles. The van der Waals surface area contributed by atoms with Crippen molar-refractivity contribution in [3.63, 3.8) is 0 Å². The molecule has 6 nitrogen and oxygen atoms in total. The zero-order valence-electron chi connectivity index (χ0n) is 14.7. The number of anilines is 1. The van der Waals surface area contributed by atoms with E-state index in [4.69, 9.17) is 17.3 Å². The molecule has 142 valence electrons. The van der Waals surface area contributed by atoms with Crippen molar-refractivity contribution >= 4 is 34.4 Å². The number of aromatic nitrogens is 3. The van der Waals surface area contributed by atoms with E-state index in [1.165, 1.54) is 12.3 Å². The van der Waals surface area contributed by atoms with Gasteiger partial charge < -0.3 is 16.0 Å². The number of H-pyrrole nitrogens is 1. The normalized spacial score (nSPS) is 25.5. The minimum Gasteiger partial charge on any atom is -0.378 e. The van der Waals surface area contributed by atoms with Crippen LogP contribution in [0.3, 0.4) is 0 Å². The molecule has 4 atom stereocenters. The van der Waals surface area contributed by atoms with Gasteiger partial charge in [-0.05, 0) is 30.4 Å². The van der Waals surface area contributed by atoms with Crippen molar-refractivity contribution in [3.05, 3.63) is 53.5 Å². The number of halogens is 2. The molecule has 0 spiro atoms. The van der Waals surface area contributed by atoms with E-state index in [1.54, 1.807) is 18.2 Å². The fraction of sp³-hybridized carbons (Fsp3) is 0.250. The molecular formula is C20H17ClFN5O. The first-order valence-electron chi connectivity index (χ1n) is 9.06. The second-order valence-corrected chi connectivity index (χ2v) is 7.70. The topological polar surface area (TPSA) is 96.7 Å². The minimum atomic E-state index is -0.380. The lowest BCUT2D eigenvalue weighted by atomic mass is 9.88. The van der Waals surface area contributed by atoms with Gasteiger partial charge in [-0.25, -0.2) is 14.4 Å². The van der Waals surface area contributed by atoms with Crippen molar-refractivity contribution in [2.45, 2.75) is 12.5 Å². The van der Waals surface area contributed by atoms with Crippen LogP contribution < -0.4 is 11.1 Å². The third kappa shape index (κ3) is 2.57. The molecule has 4 N–H and O–H groups in total. The zero-order valence-corrected chi connectivity index (χ0v) is 15.4. The van der Waals surface area contributed by atoms with Crippen molar-refractivity contribution in [1.29, 1.82) is 0 Å². The quantitative estimate of drug-likeness (QED) is 0.587. The molecule has 2 aliphatic rings. The van der Waals surface area contributed by atoms with Gasteiger partial charge in [0, 0.05) is 6.04 Å². The molecule has 5 rings (SSSR count). The standard InChI is InChI=1S/C20H17ClFN5O/c21-12-8-24-20-17(26-19(27-20)11-3-1-2-4-13(11)22)16(12)25-15-10-6-5-9(7-10)14(15)18(23)28/h1-6,8-10,14-15H,7H2,(H2,23,28)(H2,24,25,26,27)/t9-,10+,14+,15-/m1/s1. The van der Waals surface area contributed by atoms with Crippen molar-refractivity contribution in [1.82, 2.24) is 15.0 Å². The number of hydrogen-bond acceptors (Lipinski definition) is 4. The number of allylic oxidation sites excluding steroid dienone is 1. The number of pyridine rings is 1. The molecule has 0 saturated heterocycles. The maximum Gasteiger partial charge on any atom is 0.223 e. The molecule has 2 aromatic heterocycles. The summed E-state index contributed by atoms with van der Waals surface area (Å²) in [5.74, 6) is -0.294. The van der Waals surface area contributed by atoms with Gasteiger partial charge in [0.25, 0.3) is 0 Å². The molecular weight excluding hydrogens is 381 g/mol. The van der Waals surface area contributed by atoms with Gasteiger partial charge in [0.15, 0.2) is 5.65 Å². The highest BCUT2D eigenvalue weighted by molar-refractivity contribution is 6.34. The number of aromatic amines is 1. The van der Waals surface area contributed by atoms with Crippen LogP contribution in [0.5, 0.6) is 0 Å². The van der Waals surface area contributed by atoms with Gasteiger partial charge in [-0.15, -0.1) is 0 Å². The van der Waals surface area contributed by atoms with E-state index in [9.17, 15) is 9.18 Å². The molecule has 2 heterocycles. The molecule has 2 aliphatic carbocycles. The summed E-state index contributed by atoms with van der Waals surface area (Å²) < 4.78 is 14.2. The van der Waals surface area contributed by atoms with E-state index < -0.39 is 0 Å². The number of imidazole rings is 1. The van der Waals surface area contributed by atoms with Crippen LogP contribution in [0, 0.1) is 23.6 Å². The smallest absolute Gasteiger partial charge is 0.223 e. The zero-order chi connectivity index (χ0) is 19.4. The molecule has 8 heteroatoms. The highest BCUT2D eigenvalue weighted by Crippen LogP contribution is 2.46. The van der Waals surface area contributed by atoms with E-state index >= 15 is 0 Å². The SMILES string of the molecule is NC(=O)[C@@H]1[C@H](Nc2c(Cl)cnc3nc(-c4ccccc4F)[nH]c23)[C@H]2C=C[C@@H]1C2. The van der Waals surface area contributed by atoms with Crippen molar-refractivity contribution in [3.8, 4) is 11.4 Å². The number of fused-ring (bicyclic) bond motifs is 3. The molecule has 1 amide bonds. The maximum atomic E-state index is 14.2. The third-order valence-electron chi connectivity index (χ3n) is 5.70. The Morgan fingerprint density at radius 3 is 2.86 bits per heavy atom.